The summed E-state index contributed by atoms with van der Waals surface area (Å²) >= 11 is 0. The molecule has 0 aliphatic carbocycles. The highest BCUT2D eigenvalue weighted by Crippen LogP contribution is 2.26. The molecule has 0 radical (unpaired) electrons. The summed E-state index contributed by atoms with van der Waals surface area (Å²) in [7, 11) is -2.48. The molecule has 0 fully saturated rings. The van der Waals surface area contributed by atoms with Gasteiger partial charge in [0.25, 0.3) is 10.0 Å². The molecule has 0 aliphatic rings. The molecule has 0 bridgehead atoms. The zero-order chi connectivity index (χ0) is 24.0. The fourth-order valence-corrected chi connectivity index (χ4v) is 4.82. The highest BCUT2D eigenvalue weighted by atomic mass is 32.2. The van der Waals surface area contributed by atoms with Crippen molar-refractivity contribution >= 4 is 21.6 Å². The largest absolute Gasteiger partial charge is 0.497 e. The first-order chi connectivity index (χ1) is 16.5. The average Bonchev–Trinajstić information content (AvgIpc) is 3.42. The molecule has 8 nitrogen and oxygen atoms in total. The standard InChI is InChI=1S/C25H24N4O4S/c1-33-23-7-5-6-22(16-23)29(34(31,32)24-8-3-2-4-9-24)18-25(30)27-17-20-10-12-21(13-11-20)28-15-14-26-19-28/h2-16,19H,17-18H2,1H3,(H,27,30). The molecule has 0 spiro atoms. The van der Waals surface area contributed by atoms with E-state index in [1.54, 1.807) is 55.0 Å². The molecule has 0 atom stereocenters. The van der Waals surface area contributed by atoms with Gasteiger partial charge in [-0.05, 0) is 42.0 Å². The van der Waals surface area contributed by atoms with E-state index in [1.165, 1.54) is 19.2 Å². The number of hydrogen-bond donors (Lipinski definition) is 1. The van der Waals surface area contributed by atoms with Crippen LogP contribution < -0.4 is 14.4 Å². The molecular weight excluding hydrogens is 452 g/mol. The highest BCUT2D eigenvalue weighted by Gasteiger charge is 2.27. The SMILES string of the molecule is COc1cccc(N(CC(=O)NCc2ccc(-n3ccnc3)cc2)S(=O)(=O)c2ccccc2)c1. The van der Waals surface area contributed by atoms with Crippen molar-refractivity contribution in [3.05, 3.63) is 103 Å². The maximum Gasteiger partial charge on any atom is 0.264 e. The molecule has 4 aromatic rings. The van der Waals surface area contributed by atoms with Gasteiger partial charge in [-0.2, -0.15) is 0 Å². The summed E-state index contributed by atoms with van der Waals surface area (Å²) in [4.78, 5) is 17.0. The van der Waals surface area contributed by atoms with Crippen molar-refractivity contribution in [2.45, 2.75) is 11.4 Å². The van der Waals surface area contributed by atoms with E-state index in [9.17, 15) is 13.2 Å². The van der Waals surface area contributed by atoms with E-state index in [-0.39, 0.29) is 18.0 Å². The van der Waals surface area contributed by atoms with Gasteiger partial charge < -0.3 is 14.6 Å². The molecule has 9 heteroatoms. The van der Waals surface area contributed by atoms with Gasteiger partial charge in [0.2, 0.25) is 5.91 Å². The summed E-state index contributed by atoms with van der Waals surface area (Å²) in [5.74, 6) is 0.0603. The Hall–Kier alpha value is -4.11. The number of nitrogens with one attached hydrogen (secondary N) is 1. The molecule has 1 aromatic heterocycles. The quantitative estimate of drug-likeness (QED) is 0.400. The number of imidazole rings is 1. The molecule has 34 heavy (non-hydrogen) atoms. The topological polar surface area (TPSA) is 93.5 Å². The number of carbonyl (C=O) groups excluding carboxylic acids is 1. The van der Waals surface area contributed by atoms with Crippen LogP contribution in [-0.2, 0) is 21.4 Å². The lowest BCUT2D eigenvalue weighted by Crippen LogP contribution is -2.40. The zero-order valence-corrected chi connectivity index (χ0v) is 19.4. The maximum absolute atomic E-state index is 13.4. The van der Waals surface area contributed by atoms with Crippen molar-refractivity contribution in [1.29, 1.82) is 0 Å². The monoisotopic (exact) mass is 476 g/mol. The number of amides is 1. The molecule has 1 N–H and O–H groups in total. The Kier molecular flexibility index (Phi) is 6.93. The second kappa shape index (κ2) is 10.2. The van der Waals surface area contributed by atoms with Crippen molar-refractivity contribution in [2.75, 3.05) is 18.0 Å². The number of carbonyl (C=O) groups is 1. The molecule has 3 aromatic carbocycles. The minimum Gasteiger partial charge on any atom is -0.497 e. The minimum absolute atomic E-state index is 0.0979. The second-order valence-electron chi connectivity index (χ2n) is 7.44. The number of ether oxygens (including phenoxy) is 1. The summed E-state index contributed by atoms with van der Waals surface area (Å²) in [5, 5.41) is 2.81. The van der Waals surface area contributed by atoms with Crippen molar-refractivity contribution in [2.24, 2.45) is 0 Å². The van der Waals surface area contributed by atoms with Gasteiger partial charge in [0, 0.05) is 30.7 Å². The van der Waals surface area contributed by atoms with Crippen LogP contribution in [0.3, 0.4) is 0 Å². The van der Waals surface area contributed by atoms with Gasteiger partial charge in [-0.3, -0.25) is 9.10 Å². The molecule has 0 aliphatic heterocycles. The predicted octanol–water partition coefficient (Wildman–Crippen LogP) is 3.39. The lowest BCUT2D eigenvalue weighted by Gasteiger charge is -2.24. The summed E-state index contributed by atoms with van der Waals surface area (Å²) in [6.45, 7) is -0.113. The summed E-state index contributed by atoms with van der Waals surface area (Å²) in [6.07, 6.45) is 5.25. The van der Waals surface area contributed by atoms with Crippen LogP contribution in [0.4, 0.5) is 5.69 Å². The van der Waals surface area contributed by atoms with Gasteiger partial charge >= 0.3 is 0 Å². The number of benzene rings is 3. The van der Waals surface area contributed by atoms with E-state index in [0.29, 0.717) is 11.4 Å². The van der Waals surface area contributed by atoms with Crippen molar-refractivity contribution in [1.82, 2.24) is 14.9 Å². The summed E-state index contributed by atoms with van der Waals surface area (Å²) in [5.41, 5.74) is 2.17. The van der Waals surface area contributed by atoms with Crippen LogP contribution in [-0.4, -0.2) is 37.5 Å². The predicted molar refractivity (Wildman–Crippen MR) is 129 cm³/mol. The van der Waals surface area contributed by atoms with E-state index in [1.807, 2.05) is 35.0 Å². The highest BCUT2D eigenvalue weighted by molar-refractivity contribution is 7.92. The van der Waals surface area contributed by atoms with E-state index in [4.69, 9.17) is 4.74 Å². The number of methoxy groups -OCH3 is 1. The number of anilines is 1. The molecule has 0 saturated heterocycles. The zero-order valence-electron chi connectivity index (χ0n) is 18.5. The Morgan fingerprint density at radius 1 is 1.03 bits per heavy atom. The van der Waals surface area contributed by atoms with Crippen LogP contribution in [0, 0.1) is 0 Å². The van der Waals surface area contributed by atoms with Gasteiger partial charge in [-0.25, -0.2) is 13.4 Å². The van der Waals surface area contributed by atoms with Crippen molar-refractivity contribution in [3.8, 4) is 11.4 Å². The Morgan fingerprint density at radius 3 is 2.47 bits per heavy atom. The normalized spacial score (nSPS) is 11.1. The fourth-order valence-electron chi connectivity index (χ4n) is 3.39. The first kappa shape index (κ1) is 23.1. The Balaban J connectivity index is 1.51. The number of sulfonamides is 1. The molecule has 0 unspecified atom stereocenters. The lowest BCUT2D eigenvalue weighted by atomic mass is 10.2. The van der Waals surface area contributed by atoms with Crippen LogP contribution >= 0.6 is 0 Å². The van der Waals surface area contributed by atoms with Gasteiger partial charge in [0.1, 0.15) is 12.3 Å². The van der Waals surface area contributed by atoms with Crippen LogP contribution in [0.5, 0.6) is 5.75 Å². The van der Waals surface area contributed by atoms with Gasteiger partial charge in [0.15, 0.2) is 0 Å². The van der Waals surface area contributed by atoms with Crippen molar-refractivity contribution in [3.63, 3.8) is 0 Å². The van der Waals surface area contributed by atoms with Gasteiger partial charge in [0.05, 0.1) is 24.0 Å². The van der Waals surface area contributed by atoms with Crippen LogP contribution in [0.1, 0.15) is 5.56 Å². The minimum atomic E-state index is -3.98. The van der Waals surface area contributed by atoms with Gasteiger partial charge in [-0.1, -0.05) is 36.4 Å². The number of rotatable bonds is 9. The van der Waals surface area contributed by atoms with Gasteiger partial charge in [-0.15, -0.1) is 0 Å². The second-order valence-corrected chi connectivity index (χ2v) is 9.30. The Bertz CT molecular complexity index is 1340. The molecule has 1 amide bonds. The number of nitrogens with zero attached hydrogens (tertiary/aromatic N) is 3. The third-order valence-corrected chi connectivity index (χ3v) is 6.98. The smallest absolute Gasteiger partial charge is 0.264 e. The number of hydrogen-bond acceptors (Lipinski definition) is 5. The molecule has 1 heterocycles. The first-order valence-electron chi connectivity index (χ1n) is 10.5. The first-order valence-corrected chi connectivity index (χ1v) is 12.0. The Labute approximate surface area is 198 Å². The average molecular weight is 477 g/mol. The summed E-state index contributed by atoms with van der Waals surface area (Å²) in [6, 6.07) is 22.3. The van der Waals surface area contributed by atoms with Crippen LogP contribution in [0.2, 0.25) is 0 Å². The Morgan fingerprint density at radius 2 is 1.79 bits per heavy atom. The number of aromatic nitrogens is 2. The molecular formula is C25H24N4O4S. The van der Waals surface area contributed by atoms with Crippen LogP contribution in [0.15, 0.2) is 102 Å². The fraction of sp³-hybridized carbons (Fsp3) is 0.120. The third-order valence-electron chi connectivity index (χ3n) is 5.19. The van der Waals surface area contributed by atoms with E-state index in [2.05, 4.69) is 10.3 Å². The maximum atomic E-state index is 13.4. The van der Waals surface area contributed by atoms with Crippen LogP contribution in [0.25, 0.3) is 5.69 Å². The lowest BCUT2D eigenvalue weighted by molar-refractivity contribution is -0.119. The molecule has 174 valence electrons. The molecule has 4 rings (SSSR count). The van der Waals surface area contributed by atoms with E-state index < -0.39 is 15.9 Å². The molecule has 0 saturated carbocycles. The van der Waals surface area contributed by atoms with E-state index in [0.717, 1.165) is 15.6 Å². The summed E-state index contributed by atoms with van der Waals surface area (Å²) < 4.78 is 35.0. The van der Waals surface area contributed by atoms with Crippen molar-refractivity contribution < 1.29 is 17.9 Å². The third kappa shape index (κ3) is 5.26. The van der Waals surface area contributed by atoms with E-state index >= 15 is 0 Å².